The number of fused-ring (bicyclic) bond motifs is 1. The summed E-state index contributed by atoms with van der Waals surface area (Å²) in [6.07, 6.45) is 1.96. The second-order valence-electron chi connectivity index (χ2n) is 17.3. The Morgan fingerprint density at radius 1 is 0.786 bits per heavy atom. The molecule has 1 unspecified atom stereocenters. The Hall–Kier alpha value is -6.44. The summed E-state index contributed by atoms with van der Waals surface area (Å²) < 4.78 is 34.2. The van der Waals surface area contributed by atoms with Crippen LogP contribution >= 0.6 is 0 Å². The Kier molecular flexibility index (Phi) is 18.3. The van der Waals surface area contributed by atoms with E-state index in [-0.39, 0.29) is 48.0 Å². The van der Waals surface area contributed by atoms with E-state index in [9.17, 15) is 28.8 Å². The van der Waals surface area contributed by atoms with E-state index in [1.54, 1.807) is 18.2 Å². The van der Waals surface area contributed by atoms with Crippen LogP contribution in [0.5, 0.6) is 5.75 Å². The van der Waals surface area contributed by atoms with Gasteiger partial charge in [-0.05, 0) is 112 Å². The van der Waals surface area contributed by atoms with Gasteiger partial charge in [-0.25, -0.2) is 0 Å². The zero-order valence-corrected chi connectivity index (χ0v) is 40.4. The largest absolute Gasteiger partial charge is 0.491 e. The van der Waals surface area contributed by atoms with Crippen LogP contribution in [0.3, 0.4) is 0 Å². The van der Waals surface area contributed by atoms with Crippen molar-refractivity contribution < 1.29 is 52.4 Å². The monoisotopic (exact) mass is 964 g/mol. The first kappa shape index (κ1) is 51.4. The Bertz CT molecular complexity index is 2560. The van der Waals surface area contributed by atoms with Crippen molar-refractivity contribution in [1.82, 2.24) is 20.5 Å². The molecule has 0 saturated carbocycles. The van der Waals surface area contributed by atoms with Gasteiger partial charge in [-0.15, -0.1) is 0 Å². The summed E-state index contributed by atoms with van der Waals surface area (Å²) in [5, 5.41) is 8.37. The number of ether oxygens (including phenoxy) is 6. The molecule has 18 heteroatoms. The number of rotatable bonds is 25. The molecule has 7 rings (SSSR count). The highest BCUT2D eigenvalue weighted by atomic mass is 16.6. The third-order valence-electron chi connectivity index (χ3n) is 12.7. The summed E-state index contributed by atoms with van der Waals surface area (Å²) in [5.74, 6) is -1.75. The number of carbonyl (C=O) groups is 5. The van der Waals surface area contributed by atoms with E-state index >= 15 is 0 Å². The van der Waals surface area contributed by atoms with Crippen LogP contribution in [0.4, 0.5) is 11.4 Å². The molecule has 4 N–H and O–H groups in total. The van der Waals surface area contributed by atoms with Gasteiger partial charge in [0, 0.05) is 73.5 Å². The summed E-state index contributed by atoms with van der Waals surface area (Å²) in [6.45, 7) is 13.8. The number of nitrogens with one attached hydrogen (secondary N) is 4. The minimum Gasteiger partial charge on any atom is -0.491 e. The van der Waals surface area contributed by atoms with E-state index in [0.29, 0.717) is 102 Å². The molecule has 0 aliphatic carbocycles. The van der Waals surface area contributed by atoms with E-state index in [2.05, 4.69) is 38.8 Å². The van der Waals surface area contributed by atoms with E-state index in [4.69, 9.17) is 28.4 Å². The van der Waals surface area contributed by atoms with Crippen molar-refractivity contribution >= 4 is 40.9 Å². The van der Waals surface area contributed by atoms with Gasteiger partial charge >= 0.3 is 0 Å². The highest BCUT2D eigenvalue weighted by Crippen LogP contribution is 2.35. The quantitative estimate of drug-likeness (QED) is 0.0516. The molecular formula is C52H64N6O12. The number of anilines is 2. The second-order valence-corrected chi connectivity index (χ2v) is 17.3. The molecule has 374 valence electrons. The Labute approximate surface area is 407 Å². The smallest absolute Gasteiger partial charge is 0.264 e. The predicted octanol–water partition coefficient (Wildman–Crippen LogP) is 4.86. The molecule has 1 aromatic heterocycles. The van der Waals surface area contributed by atoms with Crippen LogP contribution in [-0.4, -0.2) is 137 Å². The number of H-pyrrole nitrogens is 1. The molecular weight excluding hydrogens is 901 g/mol. The van der Waals surface area contributed by atoms with Crippen molar-refractivity contribution in [1.29, 1.82) is 0 Å². The number of benzene rings is 3. The summed E-state index contributed by atoms with van der Waals surface area (Å²) in [4.78, 5) is 83.0. The van der Waals surface area contributed by atoms with Gasteiger partial charge < -0.3 is 48.9 Å². The number of nitrogens with zero attached hydrogens (tertiary/aromatic N) is 2. The SMILES string of the molecule is CCN(c1cc(-c2ccc(OCCOCCOCCOCCOCCNc3cccc4c3C(=O)N(C3CCC(=O)NC3=O)C4=O)cc2)cc(C(=O)NCc2c(C)cc(C)[nH]c2=O)c1C)C1CCOCC1. The highest BCUT2D eigenvalue weighted by Gasteiger charge is 2.45. The van der Waals surface area contributed by atoms with Crippen LogP contribution in [0.15, 0.2) is 65.5 Å². The third kappa shape index (κ3) is 12.8. The van der Waals surface area contributed by atoms with Crippen LogP contribution in [-0.2, 0) is 39.8 Å². The number of aromatic amines is 1. The number of pyridine rings is 1. The maximum absolute atomic E-state index is 13.9. The molecule has 3 aliphatic rings. The van der Waals surface area contributed by atoms with E-state index in [1.807, 2.05) is 57.2 Å². The van der Waals surface area contributed by atoms with Crippen LogP contribution in [0.2, 0.25) is 0 Å². The van der Waals surface area contributed by atoms with E-state index in [1.165, 1.54) is 0 Å². The fourth-order valence-electron chi connectivity index (χ4n) is 9.03. The lowest BCUT2D eigenvalue weighted by molar-refractivity contribution is -0.136. The van der Waals surface area contributed by atoms with Crippen molar-refractivity contribution in [3.05, 3.63) is 110 Å². The number of imide groups is 2. The first-order chi connectivity index (χ1) is 33.9. The van der Waals surface area contributed by atoms with Crippen molar-refractivity contribution in [2.75, 3.05) is 96.0 Å². The molecule has 2 saturated heterocycles. The standard InChI is InChI=1S/C52H64N6O12/c1-5-57(38-15-18-65-19-16-38)45-31-37(30-41(35(45)4)48(60)54-32-42-33(2)29-34(3)55-49(42)61)36-9-11-39(12-10-36)70-28-27-69-26-25-68-24-23-67-22-21-66-20-17-53-43-8-6-7-40-47(43)52(64)58(51(40)63)44-13-14-46(59)56-50(44)62/h6-12,29-31,38,44,53H,5,13-28,32H2,1-4H3,(H,54,60)(H,55,61)(H,56,59,62). The van der Waals surface area contributed by atoms with E-state index in [0.717, 1.165) is 57.9 Å². The molecule has 0 radical (unpaired) electrons. The molecule has 0 bridgehead atoms. The molecule has 1 atom stereocenters. The number of hydrogen-bond donors (Lipinski definition) is 4. The molecule has 0 spiro atoms. The fraction of sp³-hybridized carbons (Fsp3) is 0.462. The summed E-state index contributed by atoms with van der Waals surface area (Å²) in [5.41, 5.74) is 7.09. The van der Waals surface area contributed by atoms with Crippen LogP contribution in [0.25, 0.3) is 11.1 Å². The Morgan fingerprint density at radius 3 is 2.11 bits per heavy atom. The van der Waals surface area contributed by atoms with Crippen molar-refractivity contribution in [2.45, 2.75) is 72.0 Å². The molecule has 4 aromatic rings. The van der Waals surface area contributed by atoms with Gasteiger partial charge in [-0.1, -0.05) is 18.2 Å². The summed E-state index contributed by atoms with van der Waals surface area (Å²) >= 11 is 0. The Balaban J connectivity index is 0.780. The lowest BCUT2D eigenvalue weighted by Crippen LogP contribution is -2.54. The number of amides is 5. The minimum atomic E-state index is -1.02. The minimum absolute atomic E-state index is 0.0559. The second kappa shape index (κ2) is 24.9. The van der Waals surface area contributed by atoms with Gasteiger partial charge in [0.25, 0.3) is 23.3 Å². The van der Waals surface area contributed by atoms with Gasteiger partial charge in [0.15, 0.2) is 0 Å². The first-order valence-corrected chi connectivity index (χ1v) is 24.0. The topological polar surface area (TPSA) is 216 Å². The lowest BCUT2D eigenvalue weighted by atomic mass is 9.95. The molecule has 4 heterocycles. The number of carbonyl (C=O) groups excluding carboxylic acids is 5. The van der Waals surface area contributed by atoms with Crippen molar-refractivity contribution in [3.63, 3.8) is 0 Å². The maximum atomic E-state index is 13.9. The third-order valence-corrected chi connectivity index (χ3v) is 12.7. The van der Waals surface area contributed by atoms with Gasteiger partial charge in [-0.3, -0.25) is 39.0 Å². The van der Waals surface area contributed by atoms with Crippen molar-refractivity contribution in [2.24, 2.45) is 0 Å². The van der Waals surface area contributed by atoms with Crippen LogP contribution in [0, 0.1) is 20.8 Å². The number of aryl methyl sites for hydroxylation is 2. The first-order valence-electron chi connectivity index (χ1n) is 24.0. The lowest BCUT2D eigenvalue weighted by Gasteiger charge is -2.37. The van der Waals surface area contributed by atoms with Crippen LogP contribution < -0.4 is 31.1 Å². The molecule has 5 amide bonds. The summed E-state index contributed by atoms with van der Waals surface area (Å²) in [6, 6.07) is 17.9. The van der Waals surface area contributed by atoms with Gasteiger partial charge in [0.05, 0.1) is 64.0 Å². The van der Waals surface area contributed by atoms with Crippen LogP contribution in [0.1, 0.15) is 86.1 Å². The van der Waals surface area contributed by atoms with Crippen molar-refractivity contribution in [3.8, 4) is 16.9 Å². The zero-order valence-electron chi connectivity index (χ0n) is 40.4. The fourth-order valence-corrected chi connectivity index (χ4v) is 9.03. The molecule has 3 aromatic carbocycles. The average molecular weight is 965 g/mol. The predicted molar refractivity (Wildman–Crippen MR) is 262 cm³/mol. The average Bonchev–Trinajstić information content (AvgIpc) is 3.60. The number of aromatic nitrogens is 1. The van der Waals surface area contributed by atoms with Gasteiger partial charge in [-0.2, -0.15) is 0 Å². The Morgan fingerprint density at radius 2 is 1.46 bits per heavy atom. The number of hydrogen-bond acceptors (Lipinski definition) is 14. The zero-order chi connectivity index (χ0) is 49.6. The maximum Gasteiger partial charge on any atom is 0.264 e. The number of piperidine rings is 1. The molecule has 70 heavy (non-hydrogen) atoms. The molecule has 18 nitrogen and oxygen atoms in total. The normalized spacial score (nSPS) is 16.1. The summed E-state index contributed by atoms with van der Waals surface area (Å²) in [7, 11) is 0. The molecule has 3 aliphatic heterocycles. The highest BCUT2D eigenvalue weighted by molar-refractivity contribution is 6.25. The van der Waals surface area contributed by atoms with E-state index < -0.39 is 29.7 Å². The van der Waals surface area contributed by atoms with Gasteiger partial charge in [0.2, 0.25) is 11.8 Å². The van der Waals surface area contributed by atoms with Gasteiger partial charge in [0.1, 0.15) is 18.4 Å². The molecule has 2 fully saturated rings.